The Labute approximate surface area is 642 Å². The number of nitrogens with one attached hydrogen (secondary N) is 7. The molecule has 0 saturated carbocycles. The molecular formula is C73H84Cl2N10O26. The van der Waals surface area contributed by atoms with Gasteiger partial charge in [-0.1, -0.05) is 55.2 Å². The Balaban J connectivity index is 1.19. The van der Waals surface area contributed by atoms with Crippen LogP contribution in [0.15, 0.2) is 78.9 Å². The van der Waals surface area contributed by atoms with E-state index >= 15 is 19.2 Å². The monoisotopic (exact) mass is 1590 g/mol. The van der Waals surface area contributed by atoms with E-state index in [0.717, 1.165) is 60.7 Å². The third kappa shape index (κ3) is 17.4. The topological polar surface area (TPSA) is 569 Å². The Morgan fingerprint density at radius 3 is 1.79 bits per heavy atom. The van der Waals surface area contributed by atoms with Crippen LogP contribution >= 0.6 is 23.2 Å². The number of nitrogens with two attached hydrogens (primary N) is 3. The number of ketones is 2. The van der Waals surface area contributed by atoms with Crippen LogP contribution in [0.1, 0.15) is 125 Å². The standard InChI is InChI=1S/C73H84Cl2N10O26/c1-26(2)14-38(79-7)64(96)84-54-56(91)30-9-12-42(36(74)16-30)106-44-18-32-19-45(60(44)111-71-61(58(93)57(92)46(25-86)108-71)110-49-24-73(6,78)63(95)28(4)105-49)107-43-13-10-31(17-37(43)75)59(109-48-23-72(5,77)62(94)27(3)104-48)55-69(101)83-53(70(102)103)35-20-33(87)21-41(89)50(35)34-15-29(8-11-40(34)88)51(66(98)85-55)82-67(99)52(32)81-65(97)39(22-47(76)90)80-68(54)100/h8-13,15-21,26-28,38-39,46,48-49,51-59,61,71,79,86-89,91-93H,14,22-25,77-78H2,1-7H3,(H2,76,90)(H,80,100)(H,81,97)(H,82,99)(H,83,101)(H,84,96)(H,85,98)(H,102,103)/t27-,28-,38+,39?,46+,48-,49-,51+,52+,53-,54+,55-,56+,57+,58-,59+,61+,71-,72-,73-/m0/s1. The molecule has 8 heterocycles. The fourth-order valence-corrected chi connectivity index (χ4v) is 14.5. The Kier molecular flexibility index (Phi) is 24.3. The maximum Gasteiger partial charge on any atom is 0.330 e. The molecule has 7 amide bonds. The normalized spacial score (nSPS) is 30.7. The number of phenolic OH excluding ortho intramolecular Hbond substituents is 3. The molecule has 0 aliphatic carbocycles. The molecule has 8 aliphatic heterocycles. The third-order valence-electron chi connectivity index (χ3n) is 19.7. The Bertz CT molecular complexity index is 4530. The smallest absolute Gasteiger partial charge is 0.330 e. The van der Waals surface area contributed by atoms with E-state index in [-0.39, 0.29) is 46.2 Å². The Morgan fingerprint density at radius 2 is 1.23 bits per heavy atom. The highest BCUT2D eigenvalue weighted by Gasteiger charge is 2.52. The van der Waals surface area contributed by atoms with Crippen molar-refractivity contribution in [2.75, 3.05) is 13.7 Å². The van der Waals surface area contributed by atoms with Gasteiger partial charge in [0.05, 0.1) is 40.2 Å². The fraction of sp³-hybridized carbons (Fsp3) is 0.452. The number of halogens is 2. The number of carbonyl (C=O) groups is 10. The van der Waals surface area contributed by atoms with Crippen LogP contribution in [0.2, 0.25) is 10.0 Å². The number of carbonyl (C=O) groups excluding carboxylic acids is 9. The lowest BCUT2D eigenvalue weighted by Crippen LogP contribution is -2.63. The van der Waals surface area contributed by atoms with Crippen LogP contribution in [0.25, 0.3) is 11.1 Å². The van der Waals surface area contributed by atoms with Gasteiger partial charge in [0.1, 0.15) is 102 Å². The number of amides is 7. The minimum atomic E-state index is -2.39. The zero-order valence-corrected chi connectivity index (χ0v) is 61.9. The van der Waals surface area contributed by atoms with Gasteiger partial charge in [-0.25, -0.2) is 4.79 Å². The summed E-state index contributed by atoms with van der Waals surface area (Å²) >= 11 is 14.5. The van der Waals surface area contributed by atoms with Gasteiger partial charge in [-0.15, -0.1) is 0 Å². The second-order valence-corrected chi connectivity index (χ2v) is 29.6. The van der Waals surface area contributed by atoms with Crippen molar-refractivity contribution in [1.29, 1.82) is 0 Å². The van der Waals surface area contributed by atoms with Crippen LogP contribution in [0, 0.1) is 5.92 Å². The number of Topliss-reactive ketones (excluding diaryl/α,β-unsaturated/α-hetero) is 2. The summed E-state index contributed by atoms with van der Waals surface area (Å²) in [6.07, 6.45) is -21.2. The number of benzene rings is 5. The van der Waals surface area contributed by atoms with E-state index < -0.39 is 267 Å². The van der Waals surface area contributed by atoms with Gasteiger partial charge >= 0.3 is 5.97 Å². The van der Waals surface area contributed by atoms with E-state index in [1.54, 1.807) is 0 Å². The van der Waals surface area contributed by atoms with E-state index in [4.69, 9.17) is 78.3 Å². The van der Waals surface area contributed by atoms with Crippen molar-refractivity contribution < 1.29 is 127 Å². The number of carboxylic acid groups (broad SMARTS) is 1. The number of aromatic hydroxyl groups is 3. The van der Waals surface area contributed by atoms with Gasteiger partial charge < -0.3 is 133 Å². The number of rotatable bonds is 15. The second-order valence-electron chi connectivity index (χ2n) is 28.8. The van der Waals surface area contributed by atoms with Crippen molar-refractivity contribution >= 4 is 82.1 Å². The highest BCUT2D eigenvalue weighted by molar-refractivity contribution is 6.32. The Hall–Kier alpha value is -9.90. The van der Waals surface area contributed by atoms with Crippen molar-refractivity contribution in [2.45, 2.75) is 188 Å². The van der Waals surface area contributed by atoms with E-state index in [9.17, 15) is 69.6 Å². The van der Waals surface area contributed by atoms with E-state index in [2.05, 4.69) is 37.2 Å². The van der Waals surface area contributed by atoms with Gasteiger partial charge in [-0.3, -0.25) is 43.2 Å². The molecule has 0 radical (unpaired) electrons. The molecule has 21 N–H and O–H groups in total. The maximum atomic E-state index is 16.4. The minimum Gasteiger partial charge on any atom is -0.508 e. The number of aliphatic hydroxyl groups is 4. The number of primary amides is 1. The summed E-state index contributed by atoms with van der Waals surface area (Å²) in [7, 11) is 1.47. The molecule has 13 rings (SSSR count). The fourth-order valence-electron chi connectivity index (χ4n) is 14.0. The average molecular weight is 1590 g/mol. The van der Waals surface area contributed by atoms with E-state index in [1.165, 1.54) is 52.9 Å². The number of fused-ring (bicyclic) bond motifs is 15. The molecule has 1 unspecified atom stereocenters. The summed E-state index contributed by atoms with van der Waals surface area (Å²) in [5, 5.41) is 109. The number of carboxylic acids is 1. The summed E-state index contributed by atoms with van der Waals surface area (Å²) in [5.74, 6) is -17.4. The zero-order chi connectivity index (χ0) is 80.9. The van der Waals surface area contributed by atoms with Crippen molar-refractivity contribution in [2.24, 2.45) is 23.1 Å². The van der Waals surface area contributed by atoms with Crippen LogP contribution in [-0.4, -0.2) is 204 Å². The highest BCUT2D eigenvalue weighted by atomic mass is 35.5. The van der Waals surface area contributed by atoms with Crippen LogP contribution in [0.5, 0.6) is 46.0 Å². The first-order valence-corrected chi connectivity index (χ1v) is 35.8. The molecule has 0 aromatic heterocycles. The predicted molar refractivity (Wildman–Crippen MR) is 384 cm³/mol. The van der Waals surface area contributed by atoms with Gasteiger partial charge in [-0.2, -0.15) is 0 Å². The Morgan fingerprint density at radius 1 is 0.658 bits per heavy atom. The van der Waals surface area contributed by atoms with Crippen LogP contribution in [-0.2, 0) is 71.6 Å². The summed E-state index contributed by atoms with van der Waals surface area (Å²) in [6.45, 7) is 8.14. The van der Waals surface area contributed by atoms with Crippen molar-refractivity contribution in [3.05, 3.63) is 117 Å². The van der Waals surface area contributed by atoms with Crippen molar-refractivity contribution in [3.63, 3.8) is 0 Å². The SMILES string of the molecule is CN[C@H](CC(C)C)C(=O)N[C@H]1C(=O)NC(CC(N)=O)C(=O)N[C@H]2C(=O)N[C@H]3C(=O)N[C@H](C(=O)N[C@H](C(=O)O)c4cc(O)cc(O)c4-c4cc3ccc4O)[C@H](O[C@H]3C[C@](C)(N)C(=O)[C@H](C)O3)c3ccc(c(Cl)c3)Oc3cc2cc(c3O[C@@H]2O[C@H](CO)[C@@H](O)[C@H](O)[C@H]2O[C@H]2C[C@](C)(N)C(=O)[C@H](C)O2)Oc2ccc(cc2Cl)[C@H]1O. The van der Waals surface area contributed by atoms with Gasteiger partial charge in [0.25, 0.3) is 0 Å². The average Bonchev–Trinajstić information content (AvgIpc) is 0.763. The molecule has 596 valence electrons. The predicted octanol–water partition coefficient (Wildman–Crippen LogP) is 0.760. The van der Waals surface area contributed by atoms with Crippen LogP contribution in [0.3, 0.4) is 0 Å². The van der Waals surface area contributed by atoms with Gasteiger partial charge in [0, 0.05) is 35.6 Å². The number of hydrogen-bond donors (Lipinski definition) is 18. The van der Waals surface area contributed by atoms with Gasteiger partial charge in [-0.05, 0) is 124 Å². The molecule has 20 atom stereocenters. The number of phenols is 3. The lowest BCUT2D eigenvalue weighted by molar-refractivity contribution is -0.323. The number of likely N-dealkylation sites (N-methyl/N-ethyl adjacent to an activating group) is 1. The van der Waals surface area contributed by atoms with E-state index in [0.29, 0.717) is 0 Å². The lowest BCUT2D eigenvalue weighted by atomic mass is 9.88. The summed E-state index contributed by atoms with van der Waals surface area (Å²) in [6, 6.07) is -0.733. The van der Waals surface area contributed by atoms with Crippen LogP contribution in [0.4, 0.5) is 0 Å². The summed E-state index contributed by atoms with van der Waals surface area (Å²) in [4.78, 5) is 146. The van der Waals surface area contributed by atoms with E-state index in [1.807, 2.05) is 13.8 Å². The first kappa shape index (κ1) is 82.1. The third-order valence-corrected chi connectivity index (χ3v) is 20.3. The molecule has 3 fully saturated rings. The molecule has 8 aliphatic rings. The molecule has 38 heteroatoms. The molecule has 5 aromatic carbocycles. The summed E-state index contributed by atoms with van der Waals surface area (Å²) in [5.41, 5.74) is 12.6. The number of aliphatic hydroxyl groups excluding tert-OH is 4. The first-order chi connectivity index (χ1) is 52.3. The molecule has 11 bridgehead atoms. The largest absolute Gasteiger partial charge is 0.508 e. The summed E-state index contributed by atoms with van der Waals surface area (Å²) < 4.78 is 51.3. The minimum absolute atomic E-state index is 0.115. The van der Waals surface area contributed by atoms with Crippen LogP contribution < -0.4 is 68.6 Å². The molecule has 3 saturated heterocycles. The second kappa shape index (κ2) is 32.8. The highest BCUT2D eigenvalue weighted by Crippen LogP contribution is 2.50. The van der Waals surface area contributed by atoms with Gasteiger partial charge in [0.15, 0.2) is 47.8 Å². The zero-order valence-electron chi connectivity index (χ0n) is 60.4. The number of hydrogen-bond acceptors (Lipinski definition) is 28. The first-order valence-electron chi connectivity index (χ1n) is 35.0. The maximum absolute atomic E-state index is 16.4. The molecule has 36 nitrogen and oxygen atoms in total. The molecular weight excluding hydrogens is 1500 g/mol. The van der Waals surface area contributed by atoms with Crippen molar-refractivity contribution in [3.8, 4) is 57.1 Å². The molecule has 111 heavy (non-hydrogen) atoms. The lowest BCUT2D eigenvalue weighted by Gasteiger charge is -2.45. The molecule has 5 aromatic rings. The van der Waals surface area contributed by atoms with Crippen molar-refractivity contribution in [1.82, 2.24) is 37.2 Å². The number of ether oxygens (including phenoxy) is 8. The number of aliphatic carboxylic acids is 1. The quantitative estimate of drug-likeness (QED) is 0.0688. The van der Waals surface area contributed by atoms with Gasteiger partial charge in [0.2, 0.25) is 53.4 Å². The molecule has 0 spiro atoms.